The molecule has 2 N–H and O–H groups in total. The van der Waals surface area contributed by atoms with Crippen molar-refractivity contribution >= 4 is 0 Å². The van der Waals surface area contributed by atoms with Gasteiger partial charge in [0.1, 0.15) is 0 Å². The molecule has 0 aliphatic carbocycles. The third-order valence-corrected chi connectivity index (χ3v) is 2.48. The SMILES string of the molecule is CCNC(C)(CCO)c1cccnc1. The van der Waals surface area contributed by atoms with Crippen LogP contribution in [-0.4, -0.2) is 23.2 Å². The van der Waals surface area contributed by atoms with Gasteiger partial charge in [-0.25, -0.2) is 0 Å². The highest BCUT2D eigenvalue weighted by molar-refractivity contribution is 5.19. The van der Waals surface area contributed by atoms with Crippen molar-refractivity contribution in [3.05, 3.63) is 30.1 Å². The summed E-state index contributed by atoms with van der Waals surface area (Å²) >= 11 is 0. The van der Waals surface area contributed by atoms with Crippen LogP contribution in [0, 0.1) is 0 Å². The van der Waals surface area contributed by atoms with Crippen LogP contribution in [-0.2, 0) is 5.54 Å². The topological polar surface area (TPSA) is 45.1 Å². The minimum absolute atomic E-state index is 0.169. The van der Waals surface area contributed by atoms with Crippen molar-refractivity contribution in [2.24, 2.45) is 0 Å². The van der Waals surface area contributed by atoms with Gasteiger partial charge in [0.05, 0.1) is 0 Å². The fourth-order valence-electron chi connectivity index (χ4n) is 1.64. The summed E-state index contributed by atoms with van der Waals surface area (Å²) in [4.78, 5) is 4.09. The molecule has 0 aliphatic heterocycles. The van der Waals surface area contributed by atoms with Crippen LogP contribution in [0.3, 0.4) is 0 Å². The molecule has 3 nitrogen and oxygen atoms in total. The predicted octanol–water partition coefficient (Wildman–Crippen LogP) is 1.29. The molecule has 0 amide bonds. The number of aliphatic hydroxyl groups is 1. The van der Waals surface area contributed by atoms with Crippen LogP contribution in [0.5, 0.6) is 0 Å². The third kappa shape index (κ3) is 2.53. The second-order valence-corrected chi connectivity index (χ2v) is 3.58. The smallest absolute Gasteiger partial charge is 0.0451 e. The Balaban J connectivity index is 2.87. The molecule has 0 fully saturated rings. The van der Waals surface area contributed by atoms with Crippen molar-refractivity contribution in [1.82, 2.24) is 10.3 Å². The van der Waals surface area contributed by atoms with Crippen molar-refractivity contribution < 1.29 is 5.11 Å². The van der Waals surface area contributed by atoms with Crippen molar-refractivity contribution in [3.63, 3.8) is 0 Å². The van der Waals surface area contributed by atoms with Gasteiger partial charge >= 0.3 is 0 Å². The van der Waals surface area contributed by atoms with Crippen molar-refractivity contribution in [1.29, 1.82) is 0 Å². The summed E-state index contributed by atoms with van der Waals surface area (Å²) in [6.07, 6.45) is 4.31. The summed E-state index contributed by atoms with van der Waals surface area (Å²) in [6.45, 7) is 5.21. The second-order valence-electron chi connectivity index (χ2n) is 3.58. The van der Waals surface area contributed by atoms with Gasteiger partial charge in [-0.2, -0.15) is 0 Å². The number of rotatable bonds is 5. The molecule has 1 aromatic heterocycles. The summed E-state index contributed by atoms with van der Waals surface area (Å²) in [5.41, 5.74) is 0.952. The lowest BCUT2D eigenvalue weighted by molar-refractivity contribution is 0.223. The van der Waals surface area contributed by atoms with E-state index in [1.54, 1.807) is 6.20 Å². The second kappa shape index (κ2) is 5.08. The van der Waals surface area contributed by atoms with E-state index in [9.17, 15) is 0 Å². The molecule has 3 heteroatoms. The minimum Gasteiger partial charge on any atom is -0.396 e. The van der Waals surface area contributed by atoms with E-state index in [4.69, 9.17) is 5.11 Å². The van der Waals surface area contributed by atoms with Gasteiger partial charge in [-0.3, -0.25) is 4.98 Å². The largest absolute Gasteiger partial charge is 0.396 e. The molecule has 0 spiro atoms. The minimum atomic E-state index is -0.169. The Hall–Kier alpha value is -0.930. The number of pyridine rings is 1. The summed E-state index contributed by atoms with van der Waals surface area (Å²) in [6, 6.07) is 3.95. The number of aliphatic hydroxyl groups excluding tert-OH is 1. The molecular weight excluding hydrogens is 176 g/mol. The average Bonchev–Trinajstić information content (AvgIpc) is 2.20. The van der Waals surface area contributed by atoms with Gasteiger partial charge in [0.2, 0.25) is 0 Å². The quantitative estimate of drug-likeness (QED) is 0.742. The predicted molar refractivity (Wildman–Crippen MR) is 57.0 cm³/mol. The van der Waals surface area contributed by atoms with Crippen LogP contribution in [0.2, 0.25) is 0 Å². The normalized spacial score (nSPS) is 15.1. The lowest BCUT2D eigenvalue weighted by Gasteiger charge is -2.30. The van der Waals surface area contributed by atoms with Gasteiger partial charge in [-0.15, -0.1) is 0 Å². The Morgan fingerprint density at radius 3 is 2.86 bits per heavy atom. The van der Waals surface area contributed by atoms with Gasteiger partial charge in [0, 0.05) is 24.5 Å². The molecular formula is C11H18N2O. The highest BCUT2D eigenvalue weighted by Gasteiger charge is 2.24. The van der Waals surface area contributed by atoms with E-state index in [0.717, 1.165) is 12.1 Å². The number of nitrogens with zero attached hydrogens (tertiary/aromatic N) is 1. The van der Waals surface area contributed by atoms with Crippen molar-refractivity contribution in [3.8, 4) is 0 Å². The van der Waals surface area contributed by atoms with E-state index in [2.05, 4.69) is 24.1 Å². The third-order valence-electron chi connectivity index (χ3n) is 2.48. The fraction of sp³-hybridized carbons (Fsp3) is 0.545. The maximum Gasteiger partial charge on any atom is 0.0451 e. The molecule has 1 aromatic rings. The summed E-state index contributed by atoms with van der Waals surface area (Å²) < 4.78 is 0. The number of hydrogen-bond donors (Lipinski definition) is 2. The first-order valence-corrected chi connectivity index (χ1v) is 4.99. The Kier molecular flexibility index (Phi) is 4.04. The highest BCUT2D eigenvalue weighted by atomic mass is 16.3. The number of aromatic nitrogens is 1. The van der Waals surface area contributed by atoms with Gasteiger partial charge in [0.25, 0.3) is 0 Å². The van der Waals surface area contributed by atoms with E-state index in [0.29, 0.717) is 6.42 Å². The molecule has 0 aliphatic rings. The fourth-order valence-corrected chi connectivity index (χ4v) is 1.64. The first-order chi connectivity index (χ1) is 6.73. The number of nitrogens with one attached hydrogen (secondary N) is 1. The lowest BCUT2D eigenvalue weighted by Crippen LogP contribution is -2.40. The molecule has 1 rings (SSSR count). The molecule has 0 radical (unpaired) electrons. The van der Waals surface area contributed by atoms with Crippen molar-refractivity contribution in [2.75, 3.05) is 13.2 Å². The maximum atomic E-state index is 9.03. The first-order valence-electron chi connectivity index (χ1n) is 4.99. The Bertz CT molecular complexity index is 255. The maximum absolute atomic E-state index is 9.03. The summed E-state index contributed by atoms with van der Waals surface area (Å²) in [5, 5.41) is 12.4. The Morgan fingerprint density at radius 1 is 1.57 bits per heavy atom. The van der Waals surface area contributed by atoms with Gasteiger partial charge in [0.15, 0.2) is 0 Å². The summed E-state index contributed by atoms with van der Waals surface area (Å²) in [5.74, 6) is 0. The van der Waals surface area contributed by atoms with Gasteiger partial charge < -0.3 is 10.4 Å². The molecule has 0 bridgehead atoms. The molecule has 0 aromatic carbocycles. The zero-order valence-electron chi connectivity index (χ0n) is 8.83. The summed E-state index contributed by atoms with van der Waals surface area (Å²) in [7, 11) is 0. The van der Waals surface area contributed by atoms with Gasteiger partial charge in [-0.1, -0.05) is 13.0 Å². The average molecular weight is 194 g/mol. The van der Waals surface area contributed by atoms with E-state index < -0.39 is 0 Å². The molecule has 1 heterocycles. The first kappa shape index (κ1) is 11.1. The van der Waals surface area contributed by atoms with Crippen LogP contribution in [0.15, 0.2) is 24.5 Å². The molecule has 0 saturated heterocycles. The highest BCUT2D eigenvalue weighted by Crippen LogP contribution is 2.22. The molecule has 78 valence electrons. The van der Waals surface area contributed by atoms with E-state index in [1.807, 2.05) is 18.3 Å². The van der Waals surface area contributed by atoms with Crippen LogP contribution in [0.1, 0.15) is 25.8 Å². The zero-order chi connectivity index (χ0) is 10.4. The molecule has 14 heavy (non-hydrogen) atoms. The number of hydrogen-bond acceptors (Lipinski definition) is 3. The van der Waals surface area contributed by atoms with Crippen LogP contribution in [0.4, 0.5) is 0 Å². The van der Waals surface area contributed by atoms with Gasteiger partial charge in [-0.05, 0) is 31.5 Å². The van der Waals surface area contributed by atoms with Crippen LogP contribution < -0.4 is 5.32 Å². The Morgan fingerprint density at radius 2 is 2.36 bits per heavy atom. The standard InChI is InChI=1S/C11H18N2O/c1-3-13-11(2,6-8-14)10-5-4-7-12-9-10/h4-5,7,9,13-14H,3,6,8H2,1-2H3. The molecule has 1 unspecified atom stereocenters. The van der Waals surface area contributed by atoms with Crippen molar-refractivity contribution in [2.45, 2.75) is 25.8 Å². The van der Waals surface area contributed by atoms with E-state index in [1.165, 1.54) is 0 Å². The molecule has 1 atom stereocenters. The van der Waals surface area contributed by atoms with Crippen LogP contribution in [0.25, 0.3) is 0 Å². The monoisotopic (exact) mass is 194 g/mol. The lowest BCUT2D eigenvalue weighted by atomic mass is 9.90. The zero-order valence-corrected chi connectivity index (χ0v) is 8.83. The Labute approximate surface area is 85.2 Å². The van der Waals surface area contributed by atoms with E-state index in [-0.39, 0.29) is 12.1 Å². The van der Waals surface area contributed by atoms with Crippen LogP contribution >= 0.6 is 0 Å². The van der Waals surface area contributed by atoms with E-state index >= 15 is 0 Å². The molecule has 0 saturated carbocycles.